The van der Waals surface area contributed by atoms with Crippen LogP contribution in [0.4, 0.5) is 0 Å². The third kappa shape index (κ3) is 8.39. The van der Waals surface area contributed by atoms with Crippen molar-refractivity contribution in [3.05, 3.63) is 189 Å². The molecule has 6 rings (SSSR count). The molecule has 0 atom stereocenters. The lowest BCUT2D eigenvalue weighted by Gasteiger charge is -2.28. The number of hydrogen-bond donors (Lipinski definition) is 0. The summed E-state index contributed by atoms with van der Waals surface area (Å²) in [6.07, 6.45) is 0. The van der Waals surface area contributed by atoms with Crippen LogP contribution in [0, 0.1) is 27.7 Å². The number of carbonyl (C=O) groups excluding carboxylic acids is 4. The van der Waals surface area contributed by atoms with Crippen molar-refractivity contribution in [2.45, 2.75) is 47.0 Å². The highest BCUT2D eigenvalue weighted by molar-refractivity contribution is 5.96. The summed E-state index contributed by atoms with van der Waals surface area (Å²) in [7, 11) is 0. The molecule has 0 heterocycles. The van der Waals surface area contributed by atoms with Gasteiger partial charge in [0, 0.05) is 5.41 Å². The number of carbonyl (C=O) groups is 4. The van der Waals surface area contributed by atoms with E-state index in [-0.39, 0.29) is 23.0 Å². The van der Waals surface area contributed by atoms with Crippen molar-refractivity contribution in [1.82, 2.24) is 0 Å². The number of benzene rings is 6. The summed E-state index contributed by atoms with van der Waals surface area (Å²) in [5.41, 5.74) is 4.90. The SMILES string of the molecule is Cc1ccccc1C(=O)Oc1ccc(C(C)(C)c2ccc(OC(=O)c3ccccc3C)c(OC(=O)c3ccccc3C)c2)cc1OC(=O)c1ccccc1C. The van der Waals surface area contributed by atoms with Gasteiger partial charge in [0.1, 0.15) is 0 Å². The molecule has 6 aromatic carbocycles. The van der Waals surface area contributed by atoms with Gasteiger partial charge in [-0.2, -0.15) is 0 Å². The predicted molar refractivity (Wildman–Crippen MR) is 210 cm³/mol. The van der Waals surface area contributed by atoms with E-state index in [9.17, 15) is 19.2 Å². The van der Waals surface area contributed by atoms with E-state index in [0.717, 1.165) is 22.3 Å². The van der Waals surface area contributed by atoms with Gasteiger partial charge in [-0.25, -0.2) is 19.2 Å². The Kier molecular flexibility index (Phi) is 11.1. The molecule has 0 aromatic heterocycles. The van der Waals surface area contributed by atoms with E-state index in [1.807, 2.05) is 64.1 Å². The van der Waals surface area contributed by atoms with Gasteiger partial charge in [0.2, 0.25) is 0 Å². The average molecular weight is 733 g/mol. The molecule has 6 aromatic rings. The van der Waals surface area contributed by atoms with E-state index < -0.39 is 29.3 Å². The molecule has 0 unspecified atom stereocenters. The average Bonchev–Trinajstić information content (AvgIpc) is 3.16. The maximum absolute atomic E-state index is 13.5. The maximum Gasteiger partial charge on any atom is 0.343 e. The van der Waals surface area contributed by atoms with Crippen LogP contribution >= 0.6 is 0 Å². The highest BCUT2D eigenvalue weighted by Gasteiger charge is 2.29. The van der Waals surface area contributed by atoms with Gasteiger partial charge in [0.25, 0.3) is 0 Å². The van der Waals surface area contributed by atoms with Crippen molar-refractivity contribution in [1.29, 1.82) is 0 Å². The lowest BCUT2D eigenvalue weighted by atomic mass is 9.78. The first kappa shape index (κ1) is 37.9. The molecule has 0 aliphatic rings. The molecular formula is C47H40O8. The normalized spacial score (nSPS) is 11.0. The Bertz CT molecular complexity index is 2270. The number of ether oxygens (including phenoxy) is 4. The molecule has 0 spiro atoms. The van der Waals surface area contributed by atoms with Crippen LogP contribution in [0.1, 0.15) is 88.7 Å². The van der Waals surface area contributed by atoms with Crippen LogP contribution in [0.3, 0.4) is 0 Å². The quantitative estimate of drug-likeness (QED) is 0.101. The van der Waals surface area contributed by atoms with Gasteiger partial charge in [-0.1, -0.05) is 98.8 Å². The van der Waals surface area contributed by atoms with Gasteiger partial charge < -0.3 is 18.9 Å². The van der Waals surface area contributed by atoms with Crippen molar-refractivity contribution in [2.75, 3.05) is 0 Å². The largest absolute Gasteiger partial charge is 0.419 e. The second-order valence-electron chi connectivity index (χ2n) is 13.8. The Morgan fingerprint density at radius 1 is 0.364 bits per heavy atom. The van der Waals surface area contributed by atoms with E-state index in [1.54, 1.807) is 111 Å². The van der Waals surface area contributed by atoms with Crippen LogP contribution in [0.15, 0.2) is 133 Å². The summed E-state index contributed by atoms with van der Waals surface area (Å²) < 4.78 is 23.6. The molecule has 55 heavy (non-hydrogen) atoms. The number of esters is 4. The minimum atomic E-state index is -0.829. The van der Waals surface area contributed by atoms with E-state index >= 15 is 0 Å². The van der Waals surface area contributed by atoms with Crippen molar-refractivity contribution >= 4 is 23.9 Å². The van der Waals surface area contributed by atoms with Crippen LogP contribution in [0.2, 0.25) is 0 Å². The number of hydrogen-bond acceptors (Lipinski definition) is 8. The van der Waals surface area contributed by atoms with Gasteiger partial charge in [-0.05, 0) is 110 Å². The van der Waals surface area contributed by atoms with E-state index in [1.165, 1.54) is 0 Å². The summed E-state index contributed by atoms with van der Waals surface area (Å²) in [6.45, 7) is 11.1. The van der Waals surface area contributed by atoms with E-state index in [4.69, 9.17) is 18.9 Å². The van der Waals surface area contributed by atoms with Crippen molar-refractivity contribution in [3.63, 3.8) is 0 Å². The fourth-order valence-corrected chi connectivity index (χ4v) is 6.12. The molecular weight excluding hydrogens is 693 g/mol. The zero-order valence-corrected chi connectivity index (χ0v) is 31.5. The summed E-state index contributed by atoms with van der Waals surface area (Å²) in [6, 6.07) is 38.2. The lowest BCUT2D eigenvalue weighted by molar-refractivity contribution is 0.0681. The van der Waals surface area contributed by atoms with Crippen molar-refractivity contribution in [2.24, 2.45) is 0 Å². The third-order valence-corrected chi connectivity index (χ3v) is 9.60. The molecule has 0 aliphatic carbocycles. The monoisotopic (exact) mass is 732 g/mol. The summed E-state index contributed by atoms with van der Waals surface area (Å²) in [5, 5.41) is 0. The Balaban J connectivity index is 1.40. The van der Waals surface area contributed by atoms with Gasteiger partial charge in [0.05, 0.1) is 22.3 Å². The van der Waals surface area contributed by atoms with Crippen LogP contribution in [-0.2, 0) is 5.41 Å². The van der Waals surface area contributed by atoms with Crippen LogP contribution in [-0.4, -0.2) is 23.9 Å². The number of rotatable bonds is 10. The first-order valence-electron chi connectivity index (χ1n) is 17.7. The van der Waals surface area contributed by atoms with Crippen LogP contribution in [0.25, 0.3) is 0 Å². The molecule has 276 valence electrons. The highest BCUT2D eigenvalue weighted by atomic mass is 16.6. The topological polar surface area (TPSA) is 105 Å². The molecule has 0 amide bonds. The molecule has 0 aliphatic heterocycles. The zero-order chi connectivity index (χ0) is 39.3. The second-order valence-corrected chi connectivity index (χ2v) is 13.8. The molecule has 0 saturated heterocycles. The maximum atomic E-state index is 13.5. The minimum absolute atomic E-state index is 0.0377. The summed E-state index contributed by atoms with van der Waals surface area (Å²) in [5.74, 6) is -2.25. The molecule has 0 N–H and O–H groups in total. The zero-order valence-electron chi connectivity index (χ0n) is 31.5. The summed E-state index contributed by atoms with van der Waals surface area (Å²) >= 11 is 0. The van der Waals surface area contributed by atoms with Gasteiger partial charge in [-0.3, -0.25) is 0 Å². The molecule has 0 saturated carbocycles. The second kappa shape index (κ2) is 16.1. The highest BCUT2D eigenvalue weighted by Crippen LogP contribution is 2.41. The molecule has 0 radical (unpaired) electrons. The fourth-order valence-electron chi connectivity index (χ4n) is 6.12. The molecule has 0 bridgehead atoms. The Morgan fingerprint density at radius 2 is 0.618 bits per heavy atom. The smallest absolute Gasteiger partial charge is 0.343 e. The van der Waals surface area contributed by atoms with Crippen molar-refractivity contribution in [3.8, 4) is 23.0 Å². The van der Waals surface area contributed by atoms with Gasteiger partial charge >= 0.3 is 23.9 Å². The Labute approximate surface area is 320 Å². The first-order valence-corrected chi connectivity index (χ1v) is 17.7. The fraction of sp³-hybridized carbons (Fsp3) is 0.149. The van der Waals surface area contributed by atoms with E-state index in [2.05, 4.69) is 0 Å². The van der Waals surface area contributed by atoms with Gasteiger partial charge in [-0.15, -0.1) is 0 Å². The first-order chi connectivity index (χ1) is 26.3. The lowest BCUT2D eigenvalue weighted by Crippen LogP contribution is -2.21. The Morgan fingerprint density at radius 3 is 0.891 bits per heavy atom. The minimum Gasteiger partial charge on any atom is -0.419 e. The Hall–Kier alpha value is -6.80. The predicted octanol–water partition coefficient (Wildman–Crippen LogP) is 10.1. The summed E-state index contributed by atoms with van der Waals surface area (Å²) in [4.78, 5) is 53.7. The molecule has 8 nitrogen and oxygen atoms in total. The molecule has 0 fully saturated rings. The van der Waals surface area contributed by atoms with Crippen LogP contribution in [0.5, 0.6) is 23.0 Å². The van der Waals surface area contributed by atoms with Gasteiger partial charge in [0.15, 0.2) is 23.0 Å². The van der Waals surface area contributed by atoms with Crippen molar-refractivity contribution < 1.29 is 38.1 Å². The number of aryl methyl sites for hydroxylation is 4. The van der Waals surface area contributed by atoms with Crippen LogP contribution < -0.4 is 18.9 Å². The molecule has 8 heteroatoms. The van der Waals surface area contributed by atoms with E-state index in [0.29, 0.717) is 33.4 Å². The third-order valence-electron chi connectivity index (χ3n) is 9.60. The standard InChI is InChI=1S/C47H40O8/c1-29-15-7-11-19-35(29)43(48)52-39-25-23-33(27-41(39)54-45(50)37-21-13-9-17-31(37)3)47(5,6)34-24-26-40(53-44(49)36-20-12-8-16-30(36)2)42(28-34)55-46(51)38-22-14-10-18-32(38)4/h7-28H,1-6H3.